The van der Waals surface area contributed by atoms with Crippen LogP contribution >= 0.6 is 0 Å². The van der Waals surface area contributed by atoms with Crippen molar-refractivity contribution in [1.29, 1.82) is 0 Å². The summed E-state index contributed by atoms with van der Waals surface area (Å²) in [6.07, 6.45) is 2.79. The lowest BCUT2D eigenvalue weighted by Crippen LogP contribution is -2.25. The average Bonchev–Trinajstić information content (AvgIpc) is 2.11. The molecule has 0 fully saturated rings. The van der Waals surface area contributed by atoms with E-state index in [1.807, 2.05) is 0 Å². The summed E-state index contributed by atoms with van der Waals surface area (Å²) in [5.41, 5.74) is 2.08. The number of hydrogen-bond donors (Lipinski definition) is 0. The fourth-order valence-corrected chi connectivity index (χ4v) is 6.53. The van der Waals surface area contributed by atoms with Gasteiger partial charge in [-0.2, -0.15) is 0 Å². The second-order valence-corrected chi connectivity index (χ2v) is 9.14. The van der Waals surface area contributed by atoms with Gasteiger partial charge in [0.25, 0.3) is 0 Å². The standard InChI is InChI=1S/C12H28Si/c1-7-11(5)13(9-10(3)4)12(6)8-2/h10-13H,7-9H2,1-6H3. The van der Waals surface area contributed by atoms with Gasteiger partial charge in [-0.05, 0) is 5.92 Å². The molecule has 13 heavy (non-hydrogen) atoms. The van der Waals surface area contributed by atoms with Crippen LogP contribution in [0.25, 0.3) is 0 Å². The van der Waals surface area contributed by atoms with Gasteiger partial charge in [0, 0.05) is 8.80 Å². The van der Waals surface area contributed by atoms with Gasteiger partial charge in [0.1, 0.15) is 0 Å². The van der Waals surface area contributed by atoms with Gasteiger partial charge in [-0.1, -0.05) is 71.5 Å². The lowest BCUT2D eigenvalue weighted by Gasteiger charge is -2.28. The van der Waals surface area contributed by atoms with E-state index in [1.165, 1.54) is 12.8 Å². The van der Waals surface area contributed by atoms with Crippen LogP contribution in [-0.2, 0) is 0 Å². The number of hydrogen-bond acceptors (Lipinski definition) is 0. The van der Waals surface area contributed by atoms with Crippen molar-refractivity contribution in [3.63, 3.8) is 0 Å². The first-order chi connectivity index (χ1) is 6.02. The Bertz CT molecular complexity index is 110. The van der Waals surface area contributed by atoms with E-state index in [0.717, 1.165) is 17.0 Å². The molecule has 0 aromatic carbocycles. The molecule has 0 N–H and O–H groups in total. The van der Waals surface area contributed by atoms with E-state index in [2.05, 4.69) is 41.5 Å². The van der Waals surface area contributed by atoms with E-state index in [1.54, 1.807) is 6.04 Å². The molecule has 0 heterocycles. The summed E-state index contributed by atoms with van der Waals surface area (Å²) in [7, 11) is -0.480. The zero-order valence-corrected chi connectivity index (χ0v) is 11.6. The van der Waals surface area contributed by atoms with Crippen LogP contribution in [0, 0.1) is 5.92 Å². The zero-order chi connectivity index (χ0) is 10.4. The Labute approximate surface area is 86.7 Å². The van der Waals surface area contributed by atoms with Crippen LogP contribution in [0.15, 0.2) is 0 Å². The molecule has 0 aromatic rings. The Kier molecular flexibility index (Phi) is 6.75. The second-order valence-electron chi connectivity index (χ2n) is 5.06. The summed E-state index contributed by atoms with van der Waals surface area (Å²) < 4.78 is 0. The Balaban J connectivity index is 4.17. The van der Waals surface area contributed by atoms with Crippen molar-refractivity contribution in [2.75, 3.05) is 0 Å². The molecule has 0 spiro atoms. The summed E-state index contributed by atoms with van der Waals surface area (Å²) in [5, 5.41) is 0. The SMILES string of the molecule is CCC(C)[SiH](CC(C)C)C(C)CC. The maximum atomic E-state index is 2.48. The van der Waals surface area contributed by atoms with Crippen molar-refractivity contribution in [1.82, 2.24) is 0 Å². The molecule has 0 aliphatic rings. The molecular weight excluding hydrogens is 172 g/mol. The van der Waals surface area contributed by atoms with Gasteiger partial charge < -0.3 is 0 Å². The summed E-state index contributed by atoms with van der Waals surface area (Å²) in [6, 6.07) is 1.55. The van der Waals surface area contributed by atoms with Gasteiger partial charge >= 0.3 is 0 Å². The highest BCUT2D eigenvalue weighted by molar-refractivity contribution is 6.61. The van der Waals surface area contributed by atoms with Gasteiger partial charge in [0.2, 0.25) is 0 Å². The Morgan fingerprint density at radius 3 is 1.46 bits per heavy atom. The minimum absolute atomic E-state index is 0.480. The number of rotatable bonds is 6. The van der Waals surface area contributed by atoms with E-state index < -0.39 is 8.80 Å². The van der Waals surface area contributed by atoms with Crippen LogP contribution in [-0.4, -0.2) is 8.80 Å². The summed E-state index contributed by atoms with van der Waals surface area (Å²) in [4.78, 5) is 0. The smallest absolute Gasteiger partial charge is 0.0427 e. The average molecular weight is 200 g/mol. The van der Waals surface area contributed by atoms with Crippen LogP contribution in [0.1, 0.15) is 54.4 Å². The first kappa shape index (κ1) is 13.2. The van der Waals surface area contributed by atoms with Gasteiger partial charge in [-0.25, -0.2) is 0 Å². The normalized spacial score (nSPS) is 18.7. The van der Waals surface area contributed by atoms with E-state index in [9.17, 15) is 0 Å². The van der Waals surface area contributed by atoms with E-state index in [4.69, 9.17) is 0 Å². The molecular formula is C12H28Si. The molecule has 0 amide bonds. The van der Waals surface area contributed by atoms with E-state index in [0.29, 0.717) is 0 Å². The molecule has 2 unspecified atom stereocenters. The topological polar surface area (TPSA) is 0 Å². The third kappa shape index (κ3) is 4.85. The monoisotopic (exact) mass is 200 g/mol. The Hall–Kier alpha value is 0.217. The molecule has 0 radical (unpaired) electrons. The highest BCUT2D eigenvalue weighted by atomic mass is 28.3. The van der Waals surface area contributed by atoms with Gasteiger partial charge in [-0.15, -0.1) is 0 Å². The largest absolute Gasteiger partial charge is 0.0654 e. The molecule has 0 saturated carbocycles. The molecule has 2 atom stereocenters. The first-order valence-corrected chi connectivity index (χ1v) is 8.17. The predicted molar refractivity (Wildman–Crippen MR) is 66.2 cm³/mol. The predicted octanol–water partition coefficient (Wildman–Crippen LogP) is 4.47. The van der Waals surface area contributed by atoms with Gasteiger partial charge in [-0.3, -0.25) is 0 Å². The minimum atomic E-state index is -0.480. The van der Waals surface area contributed by atoms with Crippen molar-refractivity contribution >= 4 is 8.80 Å². The van der Waals surface area contributed by atoms with Gasteiger partial charge in [0.15, 0.2) is 0 Å². The molecule has 0 nitrogen and oxygen atoms in total. The van der Waals surface area contributed by atoms with Crippen LogP contribution in [0.5, 0.6) is 0 Å². The Morgan fingerprint density at radius 2 is 1.23 bits per heavy atom. The molecule has 0 saturated heterocycles. The van der Waals surface area contributed by atoms with Crippen LogP contribution in [0.3, 0.4) is 0 Å². The van der Waals surface area contributed by atoms with Crippen molar-refractivity contribution in [3.8, 4) is 0 Å². The molecule has 1 heteroatoms. The lowest BCUT2D eigenvalue weighted by atomic mass is 10.3. The summed E-state index contributed by atoms with van der Waals surface area (Å²) >= 11 is 0. The molecule has 0 aliphatic carbocycles. The maximum Gasteiger partial charge on any atom is 0.0427 e. The van der Waals surface area contributed by atoms with Crippen LogP contribution in [0.2, 0.25) is 17.1 Å². The minimum Gasteiger partial charge on any atom is -0.0654 e. The van der Waals surface area contributed by atoms with Crippen LogP contribution in [0.4, 0.5) is 0 Å². The van der Waals surface area contributed by atoms with Crippen molar-refractivity contribution in [2.24, 2.45) is 5.92 Å². The van der Waals surface area contributed by atoms with E-state index >= 15 is 0 Å². The second kappa shape index (κ2) is 6.64. The van der Waals surface area contributed by atoms with Crippen LogP contribution < -0.4 is 0 Å². The first-order valence-electron chi connectivity index (χ1n) is 6.02. The van der Waals surface area contributed by atoms with Crippen molar-refractivity contribution in [3.05, 3.63) is 0 Å². The molecule has 0 aliphatic heterocycles. The summed E-state index contributed by atoms with van der Waals surface area (Å²) in [5.74, 6) is 0.916. The maximum absolute atomic E-state index is 2.48. The molecule has 80 valence electrons. The zero-order valence-electron chi connectivity index (χ0n) is 10.4. The molecule has 0 bridgehead atoms. The lowest BCUT2D eigenvalue weighted by molar-refractivity contribution is 0.684. The molecule has 0 rings (SSSR count). The highest BCUT2D eigenvalue weighted by Crippen LogP contribution is 2.31. The summed E-state index contributed by atoms with van der Waals surface area (Å²) in [6.45, 7) is 14.4. The fraction of sp³-hybridized carbons (Fsp3) is 1.00. The Morgan fingerprint density at radius 1 is 0.846 bits per heavy atom. The third-order valence-corrected chi connectivity index (χ3v) is 8.85. The molecule has 0 aromatic heterocycles. The van der Waals surface area contributed by atoms with Gasteiger partial charge in [0.05, 0.1) is 0 Å². The fourth-order valence-electron chi connectivity index (χ4n) is 2.18. The third-order valence-electron chi connectivity index (χ3n) is 3.49. The van der Waals surface area contributed by atoms with Crippen molar-refractivity contribution in [2.45, 2.75) is 71.5 Å². The van der Waals surface area contributed by atoms with Crippen molar-refractivity contribution < 1.29 is 0 Å². The highest BCUT2D eigenvalue weighted by Gasteiger charge is 2.23. The van der Waals surface area contributed by atoms with E-state index in [-0.39, 0.29) is 0 Å². The quantitative estimate of drug-likeness (QED) is 0.555.